The molecular formula is C17H20N2O6S2. The maximum absolute atomic E-state index is 12.7. The van der Waals surface area contributed by atoms with Crippen molar-refractivity contribution < 1.29 is 26.3 Å². The third-order valence-corrected chi connectivity index (χ3v) is 7.08. The quantitative estimate of drug-likeness (QED) is 0.805. The van der Waals surface area contributed by atoms with Crippen molar-refractivity contribution in [3.63, 3.8) is 0 Å². The van der Waals surface area contributed by atoms with E-state index in [9.17, 15) is 16.8 Å². The van der Waals surface area contributed by atoms with Crippen molar-refractivity contribution in [2.75, 3.05) is 32.0 Å². The number of ether oxygens (including phenoxy) is 2. The number of hydrogen-bond donors (Lipinski definition) is 1. The van der Waals surface area contributed by atoms with Crippen LogP contribution in [0.25, 0.3) is 0 Å². The predicted octanol–water partition coefficient (Wildman–Crippen LogP) is 1.90. The summed E-state index contributed by atoms with van der Waals surface area (Å²) in [4.78, 5) is -0.258. The molecule has 8 nitrogen and oxygen atoms in total. The fraction of sp³-hybridized carbons (Fsp3) is 0.294. The van der Waals surface area contributed by atoms with E-state index in [2.05, 4.69) is 4.72 Å². The average molecular weight is 412 g/mol. The van der Waals surface area contributed by atoms with Gasteiger partial charge in [0.25, 0.3) is 10.0 Å². The molecule has 0 saturated carbocycles. The fourth-order valence-electron chi connectivity index (χ4n) is 2.45. The van der Waals surface area contributed by atoms with E-state index < -0.39 is 20.0 Å². The Bertz CT molecular complexity index is 1050. The molecule has 1 aliphatic heterocycles. The van der Waals surface area contributed by atoms with Crippen molar-refractivity contribution in [1.29, 1.82) is 0 Å². The first-order valence-corrected chi connectivity index (χ1v) is 11.1. The molecule has 0 unspecified atom stereocenters. The normalized spacial score (nSPS) is 14.6. The number of hydrogen-bond acceptors (Lipinski definition) is 6. The Hall–Kier alpha value is -2.30. The van der Waals surface area contributed by atoms with E-state index in [1.54, 1.807) is 18.2 Å². The van der Waals surface area contributed by atoms with Gasteiger partial charge in [-0.2, -0.15) is 0 Å². The Morgan fingerprint density at radius 1 is 0.889 bits per heavy atom. The number of sulfonamides is 2. The largest absolute Gasteiger partial charge is 0.490 e. The van der Waals surface area contributed by atoms with Gasteiger partial charge in [0.1, 0.15) is 0 Å². The van der Waals surface area contributed by atoms with E-state index in [4.69, 9.17) is 9.47 Å². The predicted molar refractivity (Wildman–Crippen MR) is 100 cm³/mol. The molecule has 27 heavy (non-hydrogen) atoms. The van der Waals surface area contributed by atoms with Crippen LogP contribution in [0.15, 0.2) is 52.3 Å². The average Bonchev–Trinajstić information content (AvgIpc) is 2.86. The summed E-state index contributed by atoms with van der Waals surface area (Å²) in [5, 5.41) is 0. The molecule has 146 valence electrons. The molecule has 0 saturated heterocycles. The van der Waals surface area contributed by atoms with Crippen molar-refractivity contribution in [3.05, 3.63) is 42.5 Å². The smallest absolute Gasteiger partial charge is 0.261 e. The first-order valence-electron chi connectivity index (χ1n) is 8.15. The summed E-state index contributed by atoms with van der Waals surface area (Å²) in [7, 11) is -4.97. The molecule has 1 aliphatic rings. The number of rotatable bonds is 5. The van der Waals surface area contributed by atoms with Gasteiger partial charge < -0.3 is 9.47 Å². The summed E-state index contributed by atoms with van der Waals surface area (Å²) in [6.45, 7) is 1.01. The van der Waals surface area contributed by atoms with Crippen LogP contribution in [0.2, 0.25) is 0 Å². The minimum atomic E-state index is -3.99. The second-order valence-corrected chi connectivity index (χ2v) is 9.91. The van der Waals surface area contributed by atoms with Crippen LogP contribution in [0.5, 0.6) is 11.5 Å². The Kier molecular flexibility index (Phi) is 5.31. The van der Waals surface area contributed by atoms with Crippen LogP contribution in [0, 0.1) is 0 Å². The molecule has 3 rings (SSSR count). The van der Waals surface area contributed by atoms with Gasteiger partial charge in [-0.25, -0.2) is 21.1 Å². The van der Waals surface area contributed by atoms with Crippen molar-refractivity contribution in [3.8, 4) is 11.5 Å². The zero-order valence-corrected chi connectivity index (χ0v) is 16.5. The van der Waals surface area contributed by atoms with E-state index in [0.717, 1.165) is 16.8 Å². The second-order valence-electron chi connectivity index (χ2n) is 6.08. The standard InChI is InChI=1S/C17H20N2O6S2/c1-19(2)27(22,23)15-6-3-5-14(12-15)26(20,21)18-13-7-8-16-17(11-13)25-10-4-9-24-16/h3,5-8,11-12,18H,4,9-10H2,1-2H3. The molecule has 0 spiro atoms. The highest BCUT2D eigenvalue weighted by atomic mass is 32.2. The molecule has 0 atom stereocenters. The number of benzene rings is 2. The molecule has 1 N–H and O–H groups in total. The molecule has 0 bridgehead atoms. The third-order valence-electron chi connectivity index (χ3n) is 3.89. The van der Waals surface area contributed by atoms with Crippen LogP contribution in [-0.4, -0.2) is 48.4 Å². The summed E-state index contributed by atoms with van der Waals surface area (Å²) in [6.07, 6.45) is 0.739. The Morgan fingerprint density at radius 3 is 2.26 bits per heavy atom. The van der Waals surface area contributed by atoms with E-state index >= 15 is 0 Å². The highest BCUT2D eigenvalue weighted by molar-refractivity contribution is 7.93. The molecule has 0 radical (unpaired) electrons. The molecule has 0 aliphatic carbocycles. The van der Waals surface area contributed by atoms with Crippen molar-refractivity contribution in [2.24, 2.45) is 0 Å². The fourth-order valence-corrected chi connectivity index (χ4v) is 4.57. The maximum atomic E-state index is 12.7. The summed E-state index contributed by atoms with van der Waals surface area (Å²) in [6, 6.07) is 9.93. The Balaban J connectivity index is 1.91. The van der Waals surface area contributed by atoms with Gasteiger partial charge in [0.05, 0.1) is 28.7 Å². The molecule has 0 fully saturated rings. The number of anilines is 1. The minimum absolute atomic E-state index is 0.103. The zero-order valence-electron chi connectivity index (χ0n) is 14.9. The lowest BCUT2D eigenvalue weighted by Crippen LogP contribution is -2.22. The van der Waals surface area contributed by atoms with Crippen LogP contribution in [-0.2, 0) is 20.0 Å². The lowest BCUT2D eigenvalue weighted by Gasteiger charge is -2.14. The van der Waals surface area contributed by atoms with Gasteiger partial charge in [-0.05, 0) is 30.3 Å². The van der Waals surface area contributed by atoms with Gasteiger partial charge in [0.2, 0.25) is 10.0 Å². The molecule has 0 amide bonds. The van der Waals surface area contributed by atoms with Gasteiger partial charge in [0, 0.05) is 26.6 Å². The zero-order chi connectivity index (χ0) is 19.7. The Morgan fingerprint density at radius 2 is 1.56 bits per heavy atom. The van der Waals surface area contributed by atoms with Gasteiger partial charge >= 0.3 is 0 Å². The van der Waals surface area contributed by atoms with E-state index in [1.807, 2.05) is 0 Å². The summed E-state index contributed by atoms with van der Waals surface area (Å²) in [5.41, 5.74) is 0.292. The summed E-state index contributed by atoms with van der Waals surface area (Å²) < 4.78 is 64.4. The van der Waals surface area contributed by atoms with Gasteiger partial charge in [-0.15, -0.1) is 0 Å². The SMILES string of the molecule is CN(C)S(=O)(=O)c1cccc(S(=O)(=O)Nc2ccc3c(c2)OCCCO3)c1. The van der Waals surface area contributed by atoms with Crippen LogP contribution in [0.3, 0.4) is 0 Å². The molecule has 2 aromatic carbocycles. The third kappa shape index (κ3) is 4.18. The topological polar surface area (TPSA) is 102 Å². The molecule has 10 heteroatoms. The van der Waals surface area contributed by atoms with Crippen LogP contribution >= 0.6 is 0 Å². The summed E-state index contributed by atoms with van der Waals surface area (Å²) >= 11 is 0. The van der Waals surface area contributed by atoms with E-state index in [1.165, 1.54) is 32.3 Å². The lowest BCUT2D eigenvalue weighted by atomic mass is 10.3. The van der Waals surface area contributed by atoms with Gasteiger partial charge in [0.15, 0.2) is 11.5 Å². The molecule has 2 aromatic rings. The molecule has 0 aromatic heterocycles. The van der Waals surface area contributed by atoms with Crippen molar-refractivity contribution in [1.82, 2.24) is 4.31 Å². The molecule has 1 heterocycles. The van der Waals surface area contributed by atoms with E-state index in [-0.39, 0.29) is 9.79 Å². The first kappa shape index (κ1) is 19.5. The van der Waals surface area contributed by atoms with Crippen molar-refractivity contribution >= 4 is 25.7 Å². The number of fused-ring (bicyclic) bond motifs is 1. The summed E-state index contributed by atoms with van der Waals surface area (Å²) in [5.74, 6) is 1.01. The highest BCUT2D eigenvalue weighted by Crippen LogP contribution is 2.33. The van der Waals surface area contributed by atoms with Crippen LogP contribution in [0.4, 0.5) is 5.69 Å². The molecular weight excluding hydrogens is 392 g/mol. The number of nitrogens with one attached hydrogen (secondary N) is 1. The highest BCUT2D eigenvalue weighted by Gasteiger charge is 2.22. The van der Waals surface area contributed by atoms with Crippen LogP contribution in [0.1, 0.15) is 6.42 Å². The second kappa shape index (κ2) is 7.37. The number of nitrogens with zero attached hydrogens (tertiary/aromatic N) is 1. The first-order chi connectivity index (χ1) is 12.7. The van der Waals surface area contributed by atoms with Gasteiger partial charge in [-0.1, -0.05) is 6.07 Å². The monoisotopic (exact) mass is 412 g/mol. The van der Waals surface area contributed by atoms with Crippen molar-refractivity contribution in [2.45, 2.75) is 16.2 Å². The maximum Gasteiger partial charge on any atom is 0.261 e. The van der Waals surface area contributed by atoms with Crippen LogP contribution < -0.4 is 14.2 Å². The minimum Gasteiger partial charge on any atom is -0.490 e. The van der Waals surface area contributed by atoms with E-state index in [0.29, 0.717) is 30.4 Å². The Labute approximate surface area is 158 Å². The lowest BCUT2D eigenvalue weighted by molar-refractivity contribution is 0.297. The van der Waals surface area contributed by atoms with Gasteiger partial charge in [-0.3, -0.25) is 4.72 Å².